The highest BCUT2D eigenvalue weighted by Gasteiger charge is 2.25. The van der Waals surface area contributed by atoms with Crippen LogP contribution in [0.2, 0.25) is 0 Å². The number of methoxy groups -OCH3 is 1. The van der Waals surface area contributed by atoms with Crippen LogP contribution < -0.4 is 18.9 Å². The van der Waals surface area contributed by atoms with Gasteiger partial charge in [-0.1, -0.05) is 12.1 Å². The minimum atomic E-state index is -0.495. The first-order chi connectivity index (χ1) is 12.5. The molecule has 0 saturated heterocycles. The minimum Gasteiger partial charge on any atom is -0.497 e. The first-order valence-electron chi connectivity index (χ1n) is 8.26. The van der Waals surface area contributed by atoms with E-state index in [0.29, 0.717) is 12.4 Å². The van der Waals surface area contributed by atoms with Gasteiger partial charge in [0.25, 0.3) is 0 Å². The van der Waals surface area contributed by atoms with Crippen LogP contribution in [0.1, 0.15) is 30.9 Å². The van der Waals surface area contributed by atoms with E-state index in [4.69, 9.17) is 18.9 Å². The fraction of sp³-hybridized carbons (Fsp3) is 0.300. The van der Waals surface area contributed by atoms with Crippen molar-refractivity contribution >= 4 is 11.9 Å². The Balaban J connectivity index is 1.89. The predicted octanol–water partition coefficient (Wildman–Crippen LogP) is 3.26. The molecule has 0 fully saturated rings. The molecule has 0 aromatic heterocycles. The summed E-state index contributed by atoms with van der Waals surface area (Å²) in [4.78, 5) is 22.7. The highest BCUT2D eigenvalue weighted by atomic mass is 16.6. The lowest BCUT2D eigenvalue weighted by Gasteiger charge is -2.26. The van der Waals surface area contributed by atoms with E-state index >= 15 is 0 Å². The number of carbonyl (C=O) groups excluding carboxylic acids is 2. The molecule has 3 rings (SSSR count). The number of benzene rings is 2. The Morgan fingerprint density at radius 1 is 1.00 bits per heavy atom. The van der Waals surface area contributed by atoms with Gasteiger partial charge in [-0.05, 0) is 35.7 Å². The lowest BCUT2D eigenvalue weighted by atomic mass is 9.90. The molecule has 0 bridgehead atoms. The number of esters is 2. The number of fused-ring (bicyclic) bond motifs is 1. The molecule has 0 radical (unpaired) electrons. The van der Waals surface area contributed by atoms with Gasteiger partial charge >= 0.3 is 11.9 Å². The normalized spacial score (nSPS) is 15.4. The third kappa shape index (κ3) is 3.96. The van der Waals surface area contributed by atoms with Crippen molar-refractivity contribution in [1.82, 2.24) is 0 Å². The van der Waals surface area contributed by atoms with Gasteiger partial charge in [-0.3, -0.25) is 9.59 Å². The Kier molecular flexibility index (Phi) is 5.11. The topological polar surface area (TPSA) is 71.1 Å². The molecule has 1 aliphatic rings. The van der Waals surface area contributed by atoms with Crippen molar-refractivity contribution in [2.24, 2.45) is 0 Å². The molecule has 6 nitrogen and oxygen atoms in total. The number of ether oxygens (including phenoxy) is 4. The quantitative estimate of drug-likeness (QED) is 0.618. The molecule has 0 saturated carbocycles. The van der Waals surface area contributed by atoms with Crippen molar-refractivity contribution in [2.45, 2.75) is 26.2 Å². The van der Waals surface area contributed by atoms with E-state index in [1.54, 1.807) is 19.2 Å². The van der Waals surface area contributed by atoms with Crippen molar-refractivity contribution in [3.8, 4) is 23.0 Å². The Bertz CT molecular complexity index is 825. The number of hydrogen-bond donors (Lipinski definition) is 0. The maximum atomic E-state index is 11.4. The summed E-state index contributed by atoms with van der Waals surface area (Å²) in [5.41, 5.74) is 2.03. The van der Waals surface area contributed by atoms with Crippen LogP contribution in [0.25, 0.3) is 0 Å². The van der Waals surface area contributed by atoms with E-state index in [0.717, 1.165) is 23.3 Å². The van der Waals surface area contributed by atoms with Crippen molar-refractivity contribution in [1.29, 1.82) is 0 Å². The monoisotopic (exact) mass is 356 g/mol. The third-order valence-electron chi connectivity index (χ3n) is 4.13. The van der Waals surface area contributed by atoms with E-state index in [9.17, 15) is 9.59 Å². The average Bonchev–Trinajstić information content (AvgIpc) is 2.61. The highest BCUT2D eigenvalue weighted by Crippen LogP contribution is 2.40. The van der Waals surface area contributed by atoms with Crippen molar-refractivity contribution in [3.05, 3.63) is 47.5 Å². The summed E-state index contributed by atoms with van der Waals surface area (Å²) in [5, 5.41) is 0. The number of hydrogen-bond acceptors (Lipinski definition) is 6. The molecule has 1 aliphatic heterocycles. The van der Waals surface area contributed by atoms with Crippen molar-refractivity contribution in [2.75, 3.05) is 13.7 Å². The average molecular weight is 356 g/mol. The smallest absolute Gasteiger partial charge is 0.308 e. The summed E-state index contributed by atoms with van der Waals surface area (Å²) in [5.74, 6) is 1.00. The van der Waals surface area contributed by atoms with E-state index in [1.165, 1.54) is 13.8 Å². The van der Waals surface area contributed by atoms with Crippen LogP contribution in [-0.4, -0.2) is 25.7 Å². The van der Waals surface area contributed by atoms with Gasteiger partial charge in [-0.25, -0.2) is 0 Å². The lowest BCUT2D eigenvalue weighted by molar-refractivity contribution is -0.134. The van der Waals surface area contributed by atoms with Gasteiger partial charge in [0.1, 0.15) is 11.5 Å². The summed E-state index contributed by atoms with van der Waals surface area (Å²) in [6.07, 6.45) is 0.719. The van der Waals surface area contributed by atoms with E-state index in [1.807, 2.05) is 24.3 Å². The molecule has 0 amide bonds. The van der Waals surface area contributed by atoms with E-state index in [-0.39, 0.29) is 17.4 Å². The summed E-state index contributed by atoms with van der Waals surface area (Å²) in [6, 6.07) is 11.2. The standard InChI is InChI=1S/C20H20O6/c1-12(21)25-19-9-15-8-16(14-4-6-17(23-3)7-5-14)11-24-18(15)10-20(19)26-13(2)22/h4-7,9-10,16H,8,11H2,1-3H3/t16-/m1/s1. The fourth-order valence-electron chi connectivity index (χ4n) is 2.95. The van der Waals surface area contributed by atoms with Gasteiger partial charge < -0.3 is 18.9 Å². The maximum absolute atomic E-state index is 11.4. The molecule has 2 aromatic carbocycles. The van der Waals surface area contributed by atoms with Gasteiger partial charge in [0.2, 0.25) is 0 Å². The summed E-state index contributed by atoms with van der Waals surface area (Å²) < 4.78 is 21.4. The zero-order valence-corrected chi connectivity index (χ0v) is 14.9. The number of rotatable bonds is 4. The molecule has 136 valence electrons. The number of carbonyl (C=O) groups is 2. The predicted molar refractivity (Wildman–Crippen MR) is 94.0 cm³/mol. The first kappa shape index (κ1) is 17.8. The van der Waals surface area contributed by atoms with Gasteiger partial charge in [0, 0.05) is 25.8 Å². The van der Waals surface area contributed by atoms with Crippen LogP contribution in [-0.2, 0) is 16.0 Å². The van der Waals surface area contributed by atoms with Crippen LogP contribution in [0.15, 0.2) is 36.4 Å². The van der Waals surface area contributed by atoms with Crippen LogP contribution >= 0.6 is 0 Å². The Morgan fingerprint density at radius 3 is 2.19 bits per heavy atom. The molecular formula is C20H20O6. The van der Waals surface area contributed by atoms with Crippen LogP contribution in [0, 0.1) is 0 Å². The van der Waals surface area contributed by atoms with Crippen molar-refractivity contribution in [3.63, 3.8) is 0 Å². The Hall–Kier alpha value is -3.02. The Morgan fingerprint density at radius 2 is 1.62 bits per heavy atom. The molecule has 2 aromatic rings. The second-order valence-corrected chi connectivity index (χ2v) is 6.08. The largest absolute Gasteiger partial charge is 0.497 e. The molecule has 26 heavy (non-hydrogen) atoms. The van der Waals surface area contributed by atoms with Crippen LogP contribution in [0.4, 0.5) is 0 Å². The highest BCUT2D eigenvalue weighted by molar-refractivity contribution is 5.74. The van der Waals surface area contributed by atoms with Gasteiger partial charge in [0.15, 0.2) is 11.5 Å². The molecule has 6 heteroatoms. The molecule has 1 heterocycles. The first-order valence-corrected chi connectivity index (χ1v) is 8.26. The van der Waals surface area contributed by atoms with Crippen LogP contribution in [0.3, 0.4) is 0 Å². The molecule has 0 aliphatic carbocycles. The van der Waals surface area contributed by atoms with Crippen molar-refractivity contribution < 1.29 is 28.5 Å². The zero-order valence-electron chi connectivity index (χ0n) is 14.9. The van der Waals surface area contributed by atoms with E-state index in [2.05, 4.69) is 0 Å². The second-order valence-electron chi connectivity index (χ2n) is 6.08. The molecule has 0 spiro atoms. The molecule has 0 unspecified atom stereocenters. The molecular weight excluding hydrogens is 336 g/mol. The second kappa shape index (κ2) is 7.47. The van der Waals surface area contributed by atoms with Gasteiger partial charge in [0.05, 0.1) is 13.7 Å². The SMILES string of the molecule is COc1ccc([C@H]2COc3cc(OC(C)=O)c(OC(C)=O)cc3C2)cc1. The van der Waals surface area contributed by atoms with E-state index < -0.39 is 11.9 Å². The summed E-state index contributed by atoms with van der Waals surface area (Å²) in [6.45, 7) is 3.09. The van der Waals surface area contributed by atoms with Gasteiger partial charge in [-0.15, -0.1) is 0 Å². The maximum Gasteiger partial charge on any atom is 0.308 e. The molecule has 1 atom stereocenters. The lowest BCUT2D eigenvalue weighted by Crippen LogP contribution is -2.20. The summed E-state index contributed by atoms with van der Waals surface area (Å²) in [7, 11) is 1.63. The van der Waals surface area contributed by atoms with Crippen LogP contribution in [0.5, 0.6) is 23.0 Å². The van der Waals surface area contributed by atoms with Gasteiger partial charge in [-0.2, -0.15) is 0 Å². The zero-order chi connectivity index (χ0) is 18.7. The third-order valence-corrected chi connectivity index (χ3v) is 4.13. The fourth-order valence-corrected chi connectivity index (χ4v) is 2.95. The Labute approximate surface area is 151 Å². The minimum absolute atomic E-state index is 0.165. The summed E-state index contributed by atoms with van der Waals surface area (Å²) >= 11 is 0. The molecule has 0 N–H and O–H groups in total.